The highest BCUT2D eigenvalue weighted by molar-refractivity contribution is 6.01. The number of fused-ring (bicyclic) bond motifs is 1. The van der Waals surface area contributed by atoms with Gasteiger partial charge in [0, 0.05) is 24.6 Å². The van der Waals surface area contributed by atoms with Crippen LogP contribution in [0.1, 0.15) is 80.6 Å². The first-order valence-corrected chi connectivity index (χ1v) is 11.3. The molecular formula is C23H33N3O5. The van der Waals surface area contributed by atoms with E-state index < -0.39 is 10.7 Å². The maximum absolute atomic E-state index is 12.4. The number of rotatable bonds is 9. The first kappa shape index (κ1) is 23.2. The topological polar surface area (TPSA) is 116 Å². The fourth-order valence-corrected chi connectivity index (χ4v) is 5.26. The SMILES string of the molecule is CC(=O)c1c(OC(CCCC(N)=O)N2CCCC3CCCCC32)ccc(C)c1[N+](=O)[O-]. The normalized spacial score (nSPS) is 22.4. The summed E-state index contributed by atoms with van der Waals surface area (Å²) in [5.74, 6) is 0.120. The lowest BCUT2D eigenvalue weighted by Gasteiger charge is -2.47. The van der Waals surface area contributed by atoms with Gasteiger partial charge in [0.2, 0.25) is 5.91 Å². The van der Waals surface area contributed by atoms with Crippen LogP contribution < -0.4 is 10.5 Å². The van der Waals surface area contributed by atoms with E-state index in [0.717, 1.165) is 19.4 Å². The van der Waals surface area contributed by atoms with E-state index in [2.05, 4.69) is 4.90 Å². The van der Waals surface area contributed by atoms with E-state index in [-0.39, 0.29) is 35.6 Å². The van der Waals surface area contributed by atoms with Gasteiger partial charge in [-0.2, -0.15) is 0 Å². The molecule has 0 radical (unpaired) electrons. The Bertz CT molecular complexity index is 839. The summed E-state index contributed by atoms with van der Waals surface area (Å²) in [6.07, 6.45) is 8.08. The first-order valence-electron chi connectivity index (χ1n) is 11.3. The zero-order chi connectivity index (χ0) is 22.5. The van der Waals surface area contributed by atoms with E-state index in [9.17, 15) is 19.7 Å². The van der Waals surface area contributed by atoms with Crippen LogP contribution in [0, 0.1) is 23.0 Å². The molecule has 2 aliphatic rings. The molecule has 1 aliphatic carbocycles. The van der Waals surface area contributed by atoms with Gasteiger partial charge in [0.25, 0.3) is 5.69 Å². The second-order valence-electron chi connectivity index (χ2n) is 8.84. The van der Waals surface area contributed by atoms with Crippen LogP contribution in [0.2, 0.25) is 0 Å². The van der Waals surface area contributed by atoms with Crippen LogP contribution in [0.4, 0.5) is 5.69 Å². The second kappa shape index (κ2) is 10.2. The molecule has 8 nitrogen and oxygen atoms in total. The van der Waals surface area contributed by atoms with Crippen LogP contribution in [0.15, 0.2) is 12.1 Å². The Morgan fingerprint density at radius 1 is 1.26 bits per heavy atom. The number of primary amides is 1. The smallest absolute Gasteiger partial charge is 0.286 e. The van der Waals surface area contributed by atoms with Crippen molar-refractivity contribution in [3.8, 4) is 5.75 Å². The highest BCUT2D eigenvalue weighted by Crippen LogP contribution is 2.39. The van der Waals surface area contributed by atoms with Crippen molar-refractivity contribution in [1.29, 1.82) is 0 Å². The number of carbonyl (C=O) groups excluding carboxylic acids is 2. The fourth-order valence-electron chi connectivity index (χ4n) is 5.26. The quantitative estimate of drug-likeness (QED) is 0.357. The Morgan fingerprint density at radius 3 is 2.65 bits per heavy atom. The average Bonchev–Trinajstić information content (AvgIpc) is 2.72. The summed E-state index contributed by atoms with van der Waals surface area (Å²) in [6, 6.07) is 3.69. The van der Waals surface area contributed by atoms with Crippen molar-refractivity contribution in [3.05, 3.63) is 33.4 Å². The molecule has 1 aromatic rings. The Morgan fingerprint density at radius 2 is 1.97 bits per heavy atom. The van der Waals surface area contributed by atoms with Crippen molar-refractivity contribution < 1.29 is 19.2 Å². The summed E-state index contributed by atoms with van der Waals surface area (Å²) >= 11 is 0. The molecule has 2 N–H and O–H groups in total. The molecule has 31 heavy (non-hydrogen) atoms. The third-order valence-corrected chi connectivity index (χ3v) is 6.67. The number of nitrogens with zero attached hydrogens (tertiary/aromatic N) is 2. The number of nitro groups is 1. The summed E-state index contributed by atoms with van der Waals surface area (Å²) in [4.78, 5) is 37.2. The molecule has 170 valence electrons. The minimum Gasteiger partial charge on any atom is -0.474 e. The zero-order valence-electron chi connectivity index (χ0n) is 18.5. The monoisotopic (exact) mass is 431 g/mol. The van der Waals surface area contributed by atoms with Crippen LogP contribution in [0.3, 0.4) is 0 Å². The van der Waals surface area contributed by atoms with Crippen molar-refractivity contribution in [2.45, 2.75) is 83.9 Å². The number of piperidine rings is 1. The summed E-state index contributed by atoms with van der Waals surface area (Å²) in [5.41, 5.74) is 5.58. The lowest BCUT2D eigenvalue weighted by atomic mass is 9.78. The van der Waals surface area contributed by atoms with E-state index >= 15 is 0 Å². The molecule has 3 rings (SSSR count). The van der Waals surface area contributed by atoms with Gasteiger partial charge in [0.05, 0.1) is 4.92 Å². The minimum atomic E-state index is -0.515. The van der Waals surface area contributed by atoms with Crippen LogP contribution in [-0.2, 0) is 4.79 Å². The zero-order valence-corrected chi connectivity index (χ0v) is 18.5. The Kier molecular flexibility index (Phi) is 7.64. The highest BCUT2D eigenvalue weighted by Gasteiger charge is 2.38. The van der Waals surface area contributed by atoms with Gasteiger partial charge in [0.15, 0.2) is 12.0 Å². The molecule has 1 aliphatic heterocycles. The van der Waals surface area contributed by atoms with Gasteiger partial charge in [-0.25, -0.2) is 0 Å². The number of benzene rings is 1. The number of aryl methyl sites for hydroxylation is 1. The van der Waals surface area contributed by atoms with E-state index in [0.29, 0.717) is 30.4 Å². The van der Waals surface area contributed by atoms with Gasteiger partial charge in [-0.05, 0) is 70.4 Å². The summed E-state index contributed by atoms with van der Waals surface area (Å²) in [5, 5.41) is 11.7. The molecule has 0 aromatic heterocycles. The van der Waals surface area contributed by atoms with Crippen molar-refractivity contribution in [2.75, 3.05) is 6.54 Å². The Labute approximate surface area is 183 Å². The average molecular weight is 432 g/mol. The molecule has 1 saturated carbocycles. The van der Waals surface area contributed by atoms with E-state index in [1.54, 1.807) is 19.1 Å². The van der Waals surface area contributed by atoms with Gasteiger partial charge in [-0.3, -0.25) is 24.6 Å². The maximum atomic E-state index is 12.4. The number of nitrogens with two attached hydrogens (primary N) is 1. The van der Waals surface area contributed by atoms with E-state index in [1.807, 2.05) is 0 Å². The largest absolute Gasteiger partial charge is 0.474 e. The van der Waals surface area contributed by atoms with Crippen LogP contribution in [-0.4, -0.2) is 40.3 Å². The standard InChI is InChI=1S/C23H33N3O5/c1-15-12-13-19(22(16(2)27)23(15)26(29)30)31-21(11-5-10-20(24)28)25-14-6-8-17-7-3-4-9-18(17)25/h12-13,17-18,21H,3-11,14H2,1-2H3,(H2,24,28). The minimum absolute atomic E-state index is 0.0158. The number of hydrogen-bond acceptors (Lipinski definition) is 6. The van der Waals surface area contributed by atoms with Crippen molar-refractivity contribution in [2.24, 2.45) is 11.7 Å². The van der Waals surface area contributed by atoms with Crippen LogP contribution >= 0.6 is 0 Å². The van der Waals surface area contributed by atoms with Crippen LogP contribution in [0.5, 0.6) is 5.75 Å². The lowest BCUT2D eigenvalue weighted by molar-refractivity contribution is -0.385. The van der Waals surface area contributed by atoms with Crippen molar-refractivity contribution in [3.63, 3.8) is 0 Å². The molecule has 3 unspecified atom stereocenters. The molecule has 8 heteroatoms. The van der Waals surface area contributed by atoms with Gasteiger partial charge in [-0.1, -0.05) is 12.8 Å². The highest BCUT2D eigenvalue weighted by atomic mass is 16.6. The third kappa shape index (κ3) is 5.42. The molecule has 1 heterocycles. The van der Waals surface area contributed by atoms with Gasteiger partial charge >= 0.3 is 0 Å². The van der Waals surface area contributed by atoms with Crippen molar-refractivity contribution in [1.82, 2.24) is 4.90 Å². The lowest BCUT2D eigenvalue weighted by Crippen LogP contribution is -2.53. The molecule has 1 saturated heterocycles. The third-order valence-electron chi connectivity index (χ3n) is 6.67. The van der Waals surface area contributed by atoms with E-state index in [1.165, 1.54) is 32.6 Å². The second-order valence-corrected chi connectivity index (χ2v) is 8.84. The molecule has 1 aromatic carbocycles. The van der Waals surface area contributed by atoms with Gasteiger partial charge < -0.3 is 10.5 Å². The number of nitro benzene ring substituents is 1. The molecule has 0 spiro atoms. The predicted octanol–water partition coefficient (Wildman–Crippen LogP) is 4.12. The number of hydrogen-bond donors (Lipinski definition) is 1. The van der Waals surface area contributed by atoms with Crippen molar-refractivity contribution >= 4 is 17.4 Å². The predicted molar refractivity (Wildman–Crippen MR) is 117 cm³/mol. The van der Waals surface area contributed by atoms with Gasteiger partial charge in [-0.15, -0.1) is 0 Å². The molecule has 3 atom stereocenters. The molecular weight excluding hydrogens is 398 g/mol. The Hall–Kier alpha value is -2.48. The van der Waals surface area contributed by atoms with E-state index in [4.69, 9.17) is 10.5 Å². The molecule has 2 fully saturated rings. The fraction of sp³-hybridized carbons (Fsp3) is 0.652. The summed E-state index contributed by atoms with van der Waals surface area (Å²) < 4.78 is 6.37. The number of amides is 1. The van der Waals surface area contributed by atoms with Crippen LogP contribution in [0.25, 0.3) is 0 Å². The first-order chi connectivity index (χ1) is 14.8. The summed E-state index contributed by atoms with van der Waals surface area (Å²) in [7, 11) is 0. The number of Topliss-reactive ketones (excluding diaryl/α,β-unsaturated/α-hetero) is 1. The molecule has 0 bridgehead atoms. The maximum Gasteiger partial charge on any atom is 0.286 e. The Balaban J connectivity index is 1.93. The summed E-state index contributed by atoms with van der Waals surface area (Å²) in [6.45, 7) is 3.83. The number of ether oxygens (including phenoxy) is 1. The number of likely N-dealkylation sites (tertiary alicyclic amines) is 1. The van der Waals surface area contributed by atoms with Gasteiger partial charge in [0.1, 0.15) is 11.3 Å². The number of ketones is 1. The number of carbonyl (C=O) groups is 2. The molecule has 1 amide bonds.